The number of phenols is 1. The molecule has 1 atom stereocenters. The van der Waals surface area contributed by atoms with E-state index in [1.54, 1.807) is 24.3 Å². The Morgan fingerprint density at radius 3 is 2.61 bits per heavy atom. The van der Waals surface area contributed by atoms with E-state index in [-0.39, 0.29) is 23.6 Å². The summed E-state index contributed by atoms with van der Waals surface area (Å²) in [5, 5.41) is 20.9. The average Bonchev–Trinajstić information content (AvgIpc) is 3.42. The lowest BCUT2D eigenvalue weighted by molar-refractivity contribution is -0.130. The van der Waals surface area contributed by atoms with Crippen LogP contribution in [0.3, 0.4) is 0 Å². The fraction of sp³-hybridized carbons (Fsp3) is 0.120. The number of ketones is 1. The van der Waals surface area contributed by atoms with Crippen LogP contribution in [0.5, 0.6) is 11.5 Å². The summed E-state index contributed by atoms with van der Waals surface area (Å²) in [6.45, 7) is 0.0283. The number of halogens is 1. The van der Waals surface area contributed by atoms with Gasteiger partial charge in [0.2, 0.25) is 0 Å². The Morgan fingerprint density at radius 1 is 1.18 bits per heavy atom. The van der Waals surface area contributed by atoms with Crippen molar-refractivity contribution < 1.29 is 29.0 Å². The summed E-state index contributed by atoms with van der Waals surface area (Å²) in [5.74, 6) is -1.32. The summed E-state index contributed by atoms with van der Waals surface area (Å²) in [4.78, 5) is 27.6. The van der Waals surface area contributed by atoms with Crippen molar-refractivity contribution in [3.05, 3.63) is 99.6 Å². The first-order chi connectivity index (χ1) is 15.9. The number of furan rings is 1. The van der Waals surface area contributed by atoms with Gasteiger partial charge in [0.05, 0.1) is 36.0 Å². The minimum Gasteiger partial charge on any atom is -0.503 e. The predicted octanol–water partition coefficient (Wildman–Crippen LogP) is 4.93. The van der Waals surface area contributed by atoms with Gasteiger partial charge in [-0.25, -0.2) is 0 Å². The molecular formula is C25H20BrNO6. The summed E-state index contributed by atoms with van der Waals surface area (Å²) >= 11 is 3.28. The van der Waals surface area contributed by atoms with Crippen molar-refractivity contribution in [3.63, 3.8) is 0 Å². The lowest BCUT2D eigenvalue weighted by Crippen LogP contribution is -2.30. The highest BCUT2D eigenvalue weighted by molar-refractivity contribution is 9.10. The Balaban J connectivity index is 1.79. The number of benzene rings is 2. The van der Waals surface area contributed by atoms with Gasteiger partial charge in [0.15, 0.2) is 23.0 Å². The van der Waals surface area contributed by atoms with Crippen LogP contribution in [-0.4, -0.2) is 33.9 Å². The number of aliphatic hydroxyl groups excluding tert-OH is 1. The minimum atomic E-state index is -0.929. The summed E-state index contributed by atoms with van der Waals surface area (Å²) in [6.07, 6.45) is 4.42. The number of aromatic hydroxyl groups is 1. The highest BCUT2D eigenvalue weighted by Crippen LogP contribution is 2.44. The molecule has 2 N–H and O–H groups in total. The Labute approximate surface area is 198 Å². The minimum absolute atomic E-state index is 0.0283. The van der Waals surface area contributed by atoms with Crippen LogP contribution in [0, 0.1) is 0 Å². The van der Waals surface area contributed by atoms with Crippen molar-refractivity contribution >= 4 is 33.7 Å². The maximum atomic E-state index is 13.2. The third kappa shape index (κ3) is 4.42. The van der Waals surface area contributed by atoms with Crippen LogP contribution < -0.4 is 4.74 Å². The second-order valence-electron chi connectivity index (χ2n) is 7.34. The number of aliphatic hydroxyl groups is 1. The van der Waals surface area contributed by atoms with Gasteiger partial charge in [0.1, 0.15) is 5.76 Å². The number of amides is 1. The quantitative estimate of drug-likeness (QED) is 0.437. The van der Waals surface area contributed by atoms with Gasteiger partial charge in [0.25, 0.3) is 5.91 Å². The maximum Gasteiger partial charge on any atom is 0.290 e. The molecule has 8 heteroatoms. The number of ether oxygens (including phenoxy) is 1. The van der Waals surface area contributed by atoms with Crippen LogP contribution in [-0.2, 0) is 16.1 Å². The van der Waals surface area contributed by atoms with Crippen LogP contribution in [0.2, 0.25) is 0 Å². The molecule has 0 fully saturated rings. The molecule has 1 amide bonds. The zero-order valence-corrected chi connectivity index (χ0v) is 19.2. The van der Waals surface area contributed by atoms with E-state index < -0.39 is 23.5 Å². The Bertz CT molecular complexity index is 1250. The van der Waals surface area contributed by atoms with Gasteiger partial charge in [-0.3, -0.25) is 9.59 Å². The molecule has 1 aliphatic rings. The van der Waals surface area contributed by atoms with Crippen LogP contribution in [0.15, 0.2) is 87.2 Å². The van der Waals surface area contributed by atoms with Gasteiger partial charge in [0, 0.05) is 0 Å². The van der Waals surface area contributed by atoms with Crippen molar-refractivity contribution in [2.45, 2.75) is 12.6 Å². The first-order valence-corrected chi connectivity index (χ1v) is 10.8. The van der Waals surface area contributed by atoms with Crippen LogP contribution in [0.1, 0.15) is 22.9 Å². The maximum absolute atomic E-state index is 13.2. The standard InChI is InChI=1S/C25H20BrNO6/c1-32-20-13-16(12-18(26)23(20)29)22-21(19(28)10-9-15-6-3-2-4-7-15)24(30)25(31)27(22)14-17-8-5-11-33-17/h2-13,22,29-30H,14H2,1H3/b10-9+. The molecule has 33 heavy (non-hydrogen) atoms. The molecule has 168 valence electrons. The second-order valence-corrected chi connectivity index (χ2v) is 8.19. The number of hydrogen-bond donors (Lipinski definition) is 2. The lowest BCUT2D eigenvalue weighted by atomic mass is 9.95. The molecule has 7 nitrogen and oxygen atoms in total. The number of phenolic OH excluding ortho intramolecular Hbond substituents is 1. The van der Waals surface area contributed by atoms with Gasteiger partial charge in [-0.2, -0.15) is 0 Å². The van der Waals surface area contributed by atoms with Crippen LogP contribution >= 0.6 is 15.9 Å². The highest BCUT2D eigenvalue weighted by Gasteiger charge is 2.43. The Kier molecular flexibility index (Phi) is 6.37. The second kappa shape index (κ2) is 9.38. The van der Waals surface area contributed by atoms with E-state index in [1.807, 2.05) is 30.3 Å². The molecule has 4 rings (SSSR count). The highest BCUT2D eigenvalue weighted by atomic mass is 79.9. The van der Waals surface area contributed by atoms with Gasteiger partial charge < -0.3 is 24.3 Å². The fourth-order valence-corrected chi connectivity index (χ4v) is 4.18. The molecule has 2 heterocycles. The summed E-state index contributed by atoms with van der Waals surface area (Å²) in [7, 11) is 1.40. The SMILES string of the molecule is COc1cc(C2C(C(=O)/C=C/c3ccccc3)=C(O)C(=O)N2Cc2ccco2)cc(Br)c1O. The van der Waals surface area contributed by atoms with E-state index in [0.29, 0.717) is 15.8 Å². The van der Waals surface area contributed by atoms with Gasteiger partial charge in [-0.05, 0) is 57.4 Å². The third-order valence-corrected chi connectivity index (χ3v) is 5.89. The zero-order chi connectivity index (χ0) is 23.5. The van der Waals surface area contributed by atoms with E-state index >= 15 is 0 Å². The van der Waals surface area contributed by atoms with Crippen molar-refractivity contribution in [3.8, 4) is 11.5 Å². The molecule has 2 aromatic carbocycles. The van der Waals surface area contributed by atoms with Crippen molar-refractivity contribution in [2.24, 2.45) is 0 Å². The monoisotopic (exact) mass is 509 g/mol. The van der Waals surface area contributed by atoms with Crippen molar-refractivity contribution in [2.75, 3.05) is 7.11 Å². The molecule has 1 aromatic heterocycles. The average molecular weight is 510 g/mol. The fourth-order valence-electron chi connectivity index (χ4n) is 3.72. The van der Waals surface area contributed by atoms with E-state index in [0.717, 1.165) is 5.56 Å². The molecule has 0 saturated carbocycles. The smallest absolute Gasteiger partial charge is 0.290 e. The van der Waals surface area contributed by atoms with Crippen LogP contribution in [0.25, 0.3) is 6.08 Å². The van der Waals surface area contributed by atoms with E-state index in [4.69, 9.17) is 9.15 Å². The molecule has 0 spiro atoms. The molecule has 1 unspecified atom stereocenters. The Morgan fingerprint density at radius 2 is 1.94 bits per heavy atom. The number of hydrogen-bond acceptors (Lipinski definition) is 6. The normalized spacial score (nSPS) is 16.1. The molecule has 0 radical (unpaired) electrons. The van der Waals surface area contributed by atoms with Crippen molar-refractivity contribution in [1.82, 2.24) is 4.90 Å². The molecule has 3 aromatic rings. The topological polar surface area (TPSA) is 100 Å². The molecule has 1 aliphatic heterocycles. The van der Waals surface area contributed by atoms with Gasteiger partial charge in [-0.1, -0.05) is 36.4 Å². The number of carbonyl (C=O) groups excluding carboxylic acids is 2. The van der Waals surface area contributed by atoms with Gasteiger partial charge in [-0.15, -0.1) is 0 Å². The predicted molar refractivity (Wildman–Crippen MR) is 124 cm³/mol. The first kappa shape index (κ1) is 22.4. The number of allylic oxidation sites excluding steroid dienone is 1. The molecule has 0 bridgehead atoms. The van der Waals surface area contributed by atoms with Gasteiger partial charge >= 0.3 is 0 Å². The van der Waals surface area contributed by atoms with E-state index in [2.05, 4.69) is 15.9 Å². The zero-order valence-electron chi connectivity index (χ0n) is 17.6. The van der Waals surface area contributed by atoms with E-state index in [9.17, 15) is 19.8 Å². The van der Waals surface area contributed by atoms with E-state index in [1.165, 1.54) is 30.4 Å². The number of nitrogens with zero attached hydrogens (tertiary/aromatic N) is 1. The third-order valence-electron chi connectivity index (χ3n) is 5.29. The largest absolute Gasteiger partial charge is 0.503 e. The molecule has 0 aliphatic carbocycles. The number of methoxy groups -OCH3 is 1. The summed E-state index contributed by atoms with van der Waals surface area (Å²) < 4.78 is 10.9. The first-order valence-electron chi connectivity index (χ1n) is 10.0. The lowest BCUT2D eigenvalue weighted by Gasteiger charge is -2.26. The van der Waals surface area contributed by atoms with Crippen LogP contribution in [0.4, 0.5) is 0 Å². The number of carbonyl (C=O) groups is 2. The molecular weight excluding hydrogens is 490 g/mol. The Hall–Kier alpha value is -3.78. The number of rotatable bonds is 7. The summed E-state index contributed by atoms with van der Waals surface area (Å²) in [6, 6.07) is 14.8. The van der Waals surface area contributed by atoms with Crippen molar-refractivity contribution in [1.29, 1.82) is 0 Å². The molecule has 0 saturated heterocycles. The summed E-state index contributed by atoms with van der Waals surface area (Å²) in [5.41, 5.74) is 1.20.